The van der Waals surface area contributed by atoms with Gasteiger partial charge >= 0.3 is 6.18 Å². The van der Waals surface area contributed by atoms with E-state index in [4.69, 9.17) is 0 Å². The van der Waals surface area contributed by atoms with Gasteiger partial charge in [-0.3, -0.25) is 4.79 Å². The van der Waals surface area contributed by atoms with Crippen LogP contribution in [0.15, 0.2) is 83.8 Å². The summed E-state index contributed by atoms with van der Waals surface area (Å²) in [5.74, 6) is -0.774. The molecule has 168 valence electrons. The smallest absolute Gasteiger partial charge is 0.325 e. The predicted octanol–water partition coefficient (Wildman–Crippen LogP) is 4.54. The van der Waals surface area contributed by atoms with Gasteiger partial charge in [-0.2, -0.15) is 17.9 Å². The Bertz CT molecular complexity index is 1180. The standard InChI is InChI=1S/C23H21F3N2O3S/c1-16-10-12-20(13-11-16)32(30,31)28-21(14-17-6-3-2-4-7-17)22(29)27-19-9-5-8-18(15-19)23(24,25)26/h2-13,15,21,28H,14H2,1H3,(H,27,29)/t21-/m1/s1. The maximum absolute atomic E-state index is 13.0. The first-order valence-electron chi connectivity index (χ1n) is 9.66. The van der Waals surface area contributed by atoms with E-state index in [0.29, 0.717) is 5.56 Å². The molecule has 0 aliphatic heterocycles. The number of anilines is 1. The third-order valence-electron chi connectivity index (χ3n) is 4.69. The molecule has 0 radical (unpaired) electrons. The zero-order valence-corrected chi connectivity index (χ0v) is 17.9. The summed E-state index contributed by atoms with van der Waals surface area (Å²) >= 11 is 0. The Labute approximate surface area is 184 Å². The maximum atomic E-state index is 13.0. The minimum atomic E-state index is -4.57. The number of hydrogen-bond donors (Lipinski definition) is 2. The largest absolute Gasteiger partial charge is 0.416 e. The van der Waals surface area contributed by atoms with Crippen LogP contribution in [-0.4, -0.2) is 20.4 Å². The van der Waals surface area contributed by atoms with Crippen LogP contribution in [-0.2, 0) is 27.4 Å². The number of carbonyl (C=O) groups is 1. The molecular formula is C23H21F3N2O3S. The zero-order valence-electron chi connectivity index (χ0n) is 17.1. The number of benzene rings is 3. The van der Waals surface area contributed by atoms with Gasteiger partial charge in [0.25, 0.3) is 0 Å². The molecule has 0 saturated carbocycles. The lowest BCUT2D eigenvalue weighted by Crippen LogP contribution is -2.45. The first kappa shape index (κ1) is 23.5. The molecule has 0 unspecified atom stereocenters. The highest BCUT2D eigenvalue weighted by Gasteiger charge is 2.31. The van der Waals surface area contributed by atoms with Crippen LogP contribution in [0, 0.1) is 6.92 Å². The summed E-state index contributed by atoms with van der Waals surface area (Å²) < 4.78 is 67.0. The summed E-state index contributed by atoms with van der Waals surface area (Å²) in [6.45, 7) is 1.81. The highest BCUT2D eigenvalue weighted by atomic mass is 32.2. The number of sulfonamides is 1. The van der Waals surface area contributed by atoms with E-state index < -0.39 is 33.7 Å². The van der Waals surface area contributed by atoms with Crippen molar-refractivity contribution in [3.63, 3.8) is 0 Å². The number of amides is 1. The molecular weight excluding hydrogens is 441 g/mol. The summed E-state index contributed by atoms with van der Waals surface area (Å²) in [5, 5.41) is 2.39. The fourth-order valence-electron chi connectivity index (χ4n) is 3.01. The quantitative estimate of drug-likeness (QED) is 0.541. The molecule has 0 heterocycles. The third kappa shape index (κ3) is 6.18. The molecule has 5 nitrogen and oxygen atoms in total. The van der Waals surface area contributed by atoms with E-state index in [-0.39, 0.29) is 17.0 Å². The van der Waals surface area contributed by atoms with E-state index in [0.717, 1.165) is 17.7 Å². The third-order valence-corrected chi connectivity index (χ3v) is 6.17. The van der Waals surface area contributed by atoms with Crippen molar-refractivity contribution in [3.05, 3.63) is 95.6 Å². The number of alkyl halides is 3. The number of rotatable bonds is 7. The van der Waals surface area contributed by atoms with Gasteiger partial charge in [0.2, 0.25) is 15.9 Å². The monoisotopic (exact) mass is 462 g/mol. The van der Waals surface area contributed by atoms with Crippen LogP contribution >= 0.6 is 0 Å². The molecule has 1 atom stereocenters. The first-order valence-corrected chi connectivity index (χ1v) is 11.1. The second-order valence-corrected chi connectivity index (χ2v) is 8.96. The average Bonchev–Trinajstić information content (AvgIpc) is 2.74. The molecule has 1 amide bonds. The normalized spacial score (nSPS) is 12.9. The number of nitrogens with one attached hydrogen (secondary N) is 2. The van der Waals surface area contributed by atoms with Gasteiger partial charge in [0.15, 0.2) is 0 Å². The first-order chi connectivity index (χ1) is 15.0. The molecule has 3 aromatic rings. The van der Waals surface area contributed by atoms with Crippen molar-refractivity contribution in [1.82, 2.24) is 4.72 Å². The molecule has 0 spiro atoms. The Morgan fingerprint density at radius 2 is 1.59 bits per heavy atom. The maximum Gasteiger partial charge on any atom is 0.416 e. The molecule has 0 aliphatic carbocycles. The van der Waals surface area contributed by atoms with E-state index in [2.05, 4.69) is 10.0 Å². The topological polar surface area (TPSA) is 75.3 Å². The van der Waals surface area contributed by atoms with Crippen molar-refractivity contribution in [2.24, 2.45) is 0 Å². The molecule has 0 aliphatic rings. The lowest BCUT2D eigenvalue weighted by Gasteiger charge is -2.19. The van der Waals surface area contributed by atoms with Crippen LogP contribution in [0.2, 0.25) is 0 Å². The van der Waals surface area contributed by atoms with Crippen LogP contribution in [0.25, 0.3) is 0 Å². The Kier molecular flexibility index (Phi) is 7.00. The highest BCUT2D eigenvalue weighted by molar-refractivity contribution is 7.89. The highest BCUT2D eigenvalue weighted by Crippen LogP contribution is 2.30. The predicted molar refractivity (Wildman–Crippen MR) is 116 cm³/mol. The minimum Gasteiger partial charge on any atom is -0.325 e. The van der Waals surface area contributed by atoms with Crippen molar-refractivity contribution in [3.8, 4) is 0 Å². The molecule has 0 bridgehead atoms. The van der Waals surface area contributed by atoms with Gasteiger partial charge in [-0.15, -0.1) is 0 Å². The summed E-state index contributed by atoms with van der Waals surface area (Å²) in [7, 11) is -4.06. The van der Waals surface area contributed by atoms with Gasteiger partial charge < -0.3 is 5.32 Å². The van der Waals surface area contributed by atoms with Gasteiger partial charge in [-0.05, 0) is 49.2 Å². The lowest BCUT2D eigenvalue weighted by atomic mass is 10.1. The van der Waals surface area contributed by atoms with Gasteiger partial charge in [0.05, 0.1) is 10.5 Å². The number of aryl methyl sites for hydroxylation is 1. The van der Waals surface area contributed by atoms with Crippen LogP contribution < -0.4 is 10.0 Å². The molecule has 2 N–H and O–H groups in total. The molecule has 9 heteroatoms. The molecule has 0 saturated heterocycles. The second kappa shape index (κ2) is 9.54. The van der Waals surface area contributed by atoms with E-state index in [1.165, 1.54) is 24.3 Å². The molecule has 0 aromatic heterocycles. The van der Waals surface area contributed by atoms with Gasteiger partial charge in [-0.1, -0.05) is 54.1 Å². The second-order valence-electron chi connectivity index (χ2n) is 7.24. The van der Waals surface area contributed by atoms with Crippen molar-refractivity contribution < 1.29 is 26.4 Å². The fourth-order valence-corrected chi connectivity index (χ4v) is 4.21. The van der Waals surface area contributed by atoms with Gasteiger partial charge in [0.1, 0.15) is 6.04 Å². The van der Waals surface area contributed by atoms with Gasteiger partial charge in [-0.25, -0.2) is 8.42 Å². The van der Waals surface area contributed by atoms with E-state index in [9.17, 15) is 26.4 Å². The van der Waals surface area contributed by atoms with E-state index in [1.807, 2.05) is 6.92 Å². The van der Waals surface area contributed by atoms with Crippen molar-refractivity contribution >= 4 is 21.6 Å². The lowest BCUT2D eigenvalue weighted by molar-refractivity contribution is -0.137. The Hall–Kier alpha value is -3.17. The van der Waals surface area contributed by atoms with Crippen LogP contribution in [0.1, 0.15) is 16.7 Å². The summed E-state index contributed by atoms with van der Waals surface area (Å²) in [6, 6.07) is 17.7. The Morgan fingerprint density at radius 3 is 2.22 bits per heavy atom. The van der Waals surface area contributed by atoms with Crippen molar-refractivity contribution in [1.29, 1.82) is 0 Å². The van der Waals surface area contributed by atoms with E-state index >= 15 is 0 Å². The molecule has 3 rings (SSSR count). The minimum absolute atomic E-state index is 0.0106. The van der Waals surface area contributed by atoms with Crippen LogP contribution in [0.3, 0.4) is 0 Å². The van der Waals surface area contributed by atoms with Gasteiger partial charge in [0, 0.05) is 5.69 Å². The van der Waals surface area contributed by atoms with Crippen molar-refractivity contribution in [2.75, 3.05) is 5.32 Å². The van der Waals surface area contributed by atoms with Crippen LogP contribution in [0.4, 0.5) is 18.9 Å². The zero-order chi connectivity index (χ0) is 23.4. The summed E-state index contributed by atoms with van der Waals surface area (Å²) in [6.07, 6.45) is -4.56. The molecule has 0 fully saturated rings. The molecule has 32 heavy (non-hydrogen) atoms. The van der Waals surface area contributed by atoms with E-state index in [1.54, 1.807) is 42.5 Å². The summed E-state index contributed by atoms with van der Waals surface area (Å²) in [4.78, 5) is 12.9. The Morgan fingerprint density at radius 1 is 0.938 bits per heavy atom. The number of carbonyl (C=O) groups excluding carboxylic acids is 1. The summed E-state index contributed by atoms with van der Waals surface area (Å²) in [5.41, 5.74) is 0.544. The average molecular weight is 462 g/mol. The SMILES string of the molecule is Cc1ccc(S(=O)(=O)N[C@H](Cc2ccccc2)C(=O)Nc2cccc(C(F)(F)F)c2)cc1. The van der Waals surface area contributed by atoms with Crippen molar-refractivity contribution in [2.45, 2.75) is 30.5 Å². The van der Waals surface area contributed by atoms with Crippen LogP contribution in [0.5, 0.6) is 0 Å². The Balaban J connectivity index is 1.87. The number of halogens is 3. The fraction of sp³-hybridized carbons (Fsp3) is 0.174. The number of hydrogen-bond acceptors (Lipinski definition) is 3. The molecule has 3 aromatic carbocycles.